The zero-order chi connectivity index (χ0) is 29.1. The van der Waals surface area contributed by atoms with Crippen LogP contribution in [0.2, 0.25) is 15.1 Å². The molecule has 4 rings (SSSR count). The van der Waals surface area contributed by atoms with Crippen molar-refractivity contribution >= 4 is 57.7 Å². The largest absolute Gasteiger partial charge is 0.456 e. The van der Waals surface area contributed by atoms with E-state index >= 15 is 0 Å². The monoisotopic (exact) mass is 604 g/mol. The summed E-state index contributed by atoms with van der Waals surface area (Å²) < 4.78 is 44.2. The second kappa shape index (κ2) is 11.6. The number of alkyl halides is 3. The lowest BCUT2D eigenvalue weighted by Crippen LogP contribution is -2.08. The number of nitrogens with two attached hydrogens (primary N) is 2. The molecule has 0 saturated carbocycles. The average molecular weight is 606 g/mol. The predicted octanol–water partition coefficient (Wildman–Crippen LogP) is 7.31. The van der Waals surface area contributed by atoms with Crippen molar-refractivity contribution < 1.29 is 27.8 Å². The molecule has 4 N–H and O–H groups in total. The Labute approximate surface area is 231 Å². The minimum Gasteiger partial charge on any atom is -0.456 e. The van der Waals surface area contributed by atoms with Gasteiger partial charge in [0.25, 0.3) is 5.69 Å². The van der Waals surface area contributed by atoms with Crippen molar-refractivity contribution in [3.8, 4) is 17.2 Å². The van der Waals surface area contributed by atoms with E-state index in [9.17, 15) is 33.4 Å². The van der Waals surface area contributed by atoms with Gasteiger partial charge in [0.1, 0.15) is 34.1 Å². The highest BCUT2D eigenvalue weighted by Gasteiger charge is 2.33. The standard InChI is InChI=1S/C12H9ClN2O3.C10H5Cl2F3N4O2/c13-11-10(18-8-4-2-1-3-5-8)7-6-9(12(11)14)15(16)17;11-5-1-4(10(13,14)15)2-6(12)8(5)18-9(16)7(3-17-18)19(20)21/h1-7H,14H2;1-3H,16H2. The smallest absolute Gasteiger partial charge is 0.416 e. The topological polar surface area (TPSA) is 165 Å². The van der Waals surface area contributed by atoms with Crippen LogP contribution in [-0.2, 0) is 6.18 Å². The van der Waals surface area contributed by atoms with E-state index in [1.165, 1.54) is 12.1 Å². The summed E-state index contributed by atoms with van der Waals surface area (Å²) in [6, 6.07) is 12.9. The molecule has 11 nitrogen and oxygen atoms in total. The van der Waals surface area contributed by atoms with E-state index in [0.717, 1.165) is 10.9 Å². The number of para-hydroxylation sites is 1. The quantitative estimate of drug-likeness (QED) is 0.136. The zero-order valence-electron chi connectivity index (χ0n) is 19.0. The molecule has 1 aromatic heterocycles. The molecule has 0 unspecified atom stereocenters. The van der Waals surface area contributed by atoms with Crippen LogP contribution in [0.5, 0.6) is 11.5 Å². The van der Waals surface area contributed by atoms with E-state index in [1.807, 2.05) is 6.07 Å². The van der Waals surface area contributed by atoms with Crippen molar-refractivity contribution in [3.05, 3.63) is 102 Å². The Balaban J connectivity index is 0.000000218. The van der Waals surface area contributed by atoms with Crippen molar-refractivity contribution in [2.45, 2.75) is 6.18 Å². The van der Waals surface area contributed by atoms with Crippen molar-refractivity contribution in [1.82, 2.24) is 9.78 Å². The Bertz CT molecular complexity index is 1530. The number of halogens is 6. The van der Waals surface area contributed by atoms with Crippen LogP contribution in [0.1, 0.15) is 5.56 Å². The summed E-state index contributed by atoms with van der Waals surface area (Å²) in [5.74, 6) is 0.460. The number of aromatic nitrogens is 2. The van der Waals surface area contributed by atoms with Gasteiger partial charge < -0.3 is 16.2 Å². The molecule has 0 radical (unpaired) electrons. The summed E-state index contributed by atoms with van der Waals surface area (Å²) in [5.41, 5.74) is 9.03. The molecule has 204 valence electrons. The molecule has 1 heterocycles. The first kappa shape index (κ1) is 29.3. The third kappa shape index (κ3) is 6.60. The number of hydrogen-bond acceptors (Lipinski definition) is 8. The molecular weight excluding hydrogens is 592 g/mol. The minimum absolute atomic E-state index is 0.0352. The Morgan fingerprint density at radius 1 is 0.897 bits per heavy atom. The van der Waals surface area contributed by atoms with Gasteiger partial charge in [-0.15, -0.1) is 0 Å². The maximum absolute atomic E-state index is 12.6. The van der Waals surface area contributed by atoms with Gasteiger partial charge in [0.05, 0.1) is 25.5 Å². The van der Waals surface area contributed by atoms with Crippen LogP contribution in [0.3, 0.4) is 0 Å². The number of benzene rings is 3. The fraction of sp³-hybridized carbons (Fsp3) is 0.0455. The fourth-order valence-electron chi connectivity index (χ4n) is 3.02. The summed E-state index contributed by atoms with van der Waals surface area (Å²) in [7, 11) is 0. The second-order valence-electron chi connectivity index (χ2n) is 7.35. The van der Waals surface area contributed by atoms with Gasteiger partial charge in [-0.05, 0) is 30.3 Å². The Hall–Kier alpha value is -4.27. The molecule has 0 amide bonds. The van der Waals surface area contributed by atoms with Crippen LogP contribution in [-0.4, -0.2) is 19.6 Å². The molecule has 0 spiro atoms. The van der Waals surface area contributed by atoms with Crippen LogP contribution < -0.4 is 16.2 Å². The van der Waals surface area contributed by atoms with Crippen molar-refractivity contribution in [2.24, 2.45) is 0 Å². The molecule has 0 aliphatic rings. The van der Waals surface area contributed by atoms with Gasteiger partial charge in [-0.1, -0.05) is 53.0 Å². The Morgan fingerprint density at radius 3 is 1.95 bits per heavy atom. The molecule has 0 aliphatic heterocycles. The number of nitrogens with zero attached hydrogens (tertiary/aromatic N) is 4. The van der Waals surface area contributed by atoms with Crippen LogP contribution in [0.4, 0.5) is 36.1 Å². The van der Waals surface area contributed by atoms with Gasteiger partial charge in [-0.3, -0.25) is 20.2 Å². The number of nitro groups is 2. The highest BCUT2D eigenvalue weighted by Crippen LogP contribution is 2.40. The number of anilines is 2. The maximum atomic E-state index is 12.6. The van der Waals surface area contributed by atoms with Gasteiger partial charge >= 0.3 is 11.9 Å². The molecule has 39 heavy (non-hydrogen) atoms. The third-order valence-electron chi connectivity index (χ3n) is 4.83. The van der Waals surface area contributed by atoms with Crippen molar-refractivity contribution in [1.29, 1.82) is 0 Å². The van der Waals surface area contributed by atoms with E-state index in [0.29, 0.717) is 17.9 Å². The van der Waals surface area contributed by atoms with E-state index < -0.39 is 33.1 Å². The number of ether oxygens (including phenoxy) is 1. The van der Waals surface area contributed by atoms with Gasteiger partial charge in [0.2, 0.25) is 5.82 Å². The molecule has 0 fully saturated rings. The number of nitrogen functional groups attached to an aromatic ring is 2. The van der Waals surface area contributed by atoms with Crippen molar-refractivity contribution in [2.75, 3.05) is 11.5 Å². The highest BCUT2D eigenvalue weighted by atomic mass is 35.5. The average Bonchev–Trinajstić information content (AvgIpc) is 3.23. The molecular formula is C22H14Cl3F3N6O5. The molecule has 0 aliphatic carbocycles. The lowest BCUT2D eigenvalue weighted by molar-refractivity contribution is -0.384. The first-order chi connectivity index (χ1) is 18.2. The van der Waals surface area contributed by atoms with Gasteiger partial charge in [0.15, 0.2) is 0 Å². The highest BCUT2D eigenvalue weighted by molar-refractivity contribution is 6.38. The number of rotatable bonds is 5. The normalized spacial score (nSPS) is 10.9. The minimum atomic E-state index is -4.63. The third-order valence-corrected chi connectivity index (χ3v) is 5.79. The Kier molecular flexibility index (Phi) is 8.74. The molecule has 0 bridgehead atoms. The van der Waals surface area contributed by atoms with Crippen LogP contribution >= 0.6 is 34.8 Å². The number of hydrogen-bond donors (Lipinski definition) is 2. The van der Waals surface area contributed by atoms with Crippen LogP contribution in [0.25, 0.3) is 5.69 Å². The van der Waals surface area contributed by atoms with Gasteiger partial charge in [-0.2, -0.15) is 18.3 Å². The summed E-state index contributed by atoms with van der Waals surface area (Å²) >= 11 is 17.5. The van der Waals surface area contributed by atoms with Gasteiger partial charge in [-0.25, -0.2) is 4.68 Å². The summed E-state index contributed by atoms with van der Waals surface area (Å²) in [5, 5.41) is 24.2. The second-order valence-corrected chi connectivity index (χ2v) is 8.55. The molecule has 0 atom stereocenters. The van der Waals surface area contributed by atoms with Gasteiger partial charge in [0, 0.05) is 6.07 Å². The van der Waals surface area contributed by atoms with Crippen LogP contribution in [0, 0.1) is 20.2 Å². The fourth-order valence-corrected chi connectivity index (χ4v) is 3.86. The first-order valence-corrected chi connectivity index (χ1v) is 11.4. The molecule has 17 heteroatoms. The van der Waals surface area contributed by atoms with E-state index in [4.69, 9.17) is 51.0 Å². The summed E-state index contributed by atoms with van der Waals surface area (Å²) in [4.78, 5) is 20.0. The molecule has 4 aromatic rings. The molecule has 0 saturated heterocycles. The molecule has 3 aromatic carbocycles. The zero-order valence-corrected chi connectivity index (χ0v) is 21.3. The predicted molar refractivity (Wildman–Crippen MR) is 139 cm³/mol. The SMILES string of the molecule is Nc1c([N+](=O)[O-])ccc(Oc2ccccc2)c1Cl.Nc1c([N+](=O)[O-])cnn1-c1c(Cl)cc(C(F)(F)F)cc1Cl. The summed E-state index contributed by atoms with van der Waals surface area (Å²) in [6.07, 6.45) is -3.78. The first-order valence-electron chi connectivity index (χ1n) is 10.2. The number of nitro benzene ring substituents is 1. The van der Waals surface area contributed by atoms with Crippen LogP contribution in [0.15, 0.2) is 60.8 Å². The van der Waals surface area contributed by atoms with E-state index in [1.54, 1.807) is 24.3 Å². The van der Waals surface area contributed by atoms with E-state index in [-0.39, 0.29) is 37.9 Å². The lowest BCUT2D eigenvalue weighted by Gasteiger charge is -2.12. The summed E-state index contributed by atoms with van der Waals surface area (Å²) in [6.45, 7) is 0. The van der Waals surface area contributed by atoms with Crippen molar-refractivity contribution in [3.63, 3.8) is 0 Å². The Morgan fingerprint density at radius 2 is 1.46 bits per heavy atom. The maximum Gasteiger partial charge on any atom is 0.416 e. The lowest BCUT2D eigenvalue weighted by atomic mass is 10.2. The van der Waals surface area contributed by atoms with E-state index in [2.05, 4.69) is 5.10 Å².